The number of aryl methyl sites for hydroxylation is 1. The van der Waals surface area contributed by atoms with Crippen molar-refractivity contribution >= 4 is 22.4 Å². The number of aromatic nitrogens is 4. The van der Waals surface area contributed by atoms with Crippen molar-refractivity contribution in [1.82, 2.24) is 20.0 Å². The smallest absolute Gasteiger partial charge is 0.272 e. The van der Waals surface area contributed by atoms with Crippen molar-refractivity contribution in [3.05, 3.63) is 75.3 Å². The summed E-state index contributed by atoms with van der Waals surface area (Å²) >= 11 is 5.93. The normalized spacial score (nSPS) is 11.1. The lowest BCUT2D eigenvalue weighted by molar-refractivity contribution is 0.280. The van der Waals surface area contributed by atoms with Gasteiger partial charge in [0.1, 0.15) is 6.61 Å². The van der Waals surface area contributed by atoms with Crippen molar-refractivity contribution in [2.24, 2.45) is 12.8 Å². The quantitative estimate of drug-likeness (QED) is 0.541. The molecule has 0 aliphatic heterocycles. The van der Waals surface area contributed by atoms with Gasteiger partial charge < -0.3 is 10.5 Å². The topological polar surface area (TPSA) is 98.8 Å². The number of hydrogen-bond donors (Lipinski definition) is 2. The first-order chi connectivity index (χ1) is 13.6. The molecule has 4 aromatic rings. The molecule has 7 nitrogen and oxygen atoms in total. The molecule has 8 heteroatoms. The van der Waals surface area contributed by atoms with Crippen LogP contribution in [0, 0.1) is 0 Å². The van der Waals surface area contributed by atoms with Crippen LogP contribution in [0.3, 0.4) is 0 Å². The van der Waals surface area contributed by atoms with Gasteiger partial charge >= 0.3 is 0 Å². The van der Waals surface area contributed by atoms with Gasteiger partial charge in [0.25, 0.3) is 5.56 Å². The zero-order chi connectivity index (χ0) is 19.7. The molecule has 4 rings (SSSR count). The average Bonchev–Trinajstić information content (AvgIpc) is 3.08. The van der Waals surface area contributed by atoms with E-state index in [0.717, 1.165) is 22.1 Å². The first-order valence-corrected chi connectivity index (χ1v) is 9.05. The summed E-state index contributed by atoms with van der Waals surface area (Å²) in [4.78, 5) is 12.0. The van der Waals surface area contributed by atoms with E-state index in [1.54, 1.807) is 16.9 Å². The summed E-state index contributed by atoms with van der Waals surface area (Å²) in [5.41, 5.74) is 8.85. The van der Waals surface area contributed by atoms with E-state index in [-0.39, 0.29) is 12.1 Å². The van der Waals surface area contributed by atoms with Crippen molar-refractivity contribution in [2.45, 2.75) is 13.2 Å². The molecule has 0 radical (unpaired) electrons. The maximum atomic E-state index is 12.0. The Morgan fingerprint density at radius 3 is 2.71 bits per heavy atom. The van der Waals surface area contributed by atoms with Crippen LogP contribution in [0.15, 0.2) is 53.5 Å². The highest BCUT2D eigenvalue weighted by atomic mass is 35.5. The molecule has 0 unspecified atom stereocenters. The average molecular weight is 396 g/mol. The number of benzene rings is 2. The summed E-state index contributed by atoms with van der Waals surface area (Å²) < 4.78 is 7.71. The number of nitrogens with zero attached hydrogens (tertiary/aromatic N) is 3. The van der Waals surface area contributed by atoms with Crippen LogP contribution in [-0.2, 0) is 20.2 Å². The molecule has 0 spiro atoms. The molecule has 0 amide bonds. The number of aromatic amines is 1. The zero-order valence-electron chi connectivity index (χ0n) is 15.1. The SMILES string of the molecule is Cn1ncc(-c2ccc3c(=O)[nH]nc(CN)c3c2)c1OCc1ccc(Cl)cc1. The monoisotopic (exact) mass is 395 g/mol. The second-order valence-electron chi connectivity index (χ2n) is 6.37. The Morgan fingerprint density at radius 2 is 1.96 bits per heavy atom. The van der Waals surface area contributed by atoms with Gasteiger partial charge in [-0.1, -0.05) is 29.8 Å². The first-order valence-electron chi connectivity index (χ1n) is 8.68. The van der Waals surface area contributed by atoms with Crippen LogP contribution in [-0.4, -0.2) is 20.0 Å². The highest BCUT2D eigenvalue weighted by Gasteiger charge is 2.15. The second kappa shape index (κ2) is 7.46. The predicted molar refractivity (Wildman–Crippen MR) is 108 cm³/mol. The summed E-state index contributed by atoms with van der Waals surface area (Å²) in [7, 11) is 1.82. The summed E-state index contributed by atoms with van der Waals surface area (Å²) in [5, 5.41) is 12.8. The zero-order valence-corrected chi connectivity index (χ0v) is 15.9. The van der Waals surface area contributed by atoms with Crippen molar-refractivity contribution in [3.63, 3.8) is 0 Å². The van der Waals surface area contributed by atoms with Crippen molar-refractivity contribution in [3.8, 4) is 17.0 Å². The lowest BCUT2D eigenvalue weighted by Crippen LogP contribution is -2.13. The molecule has 0 aliphatic carbocycles. The Labute approximate surface area is 165 Å². The fourth-order valence-electron chi connectivity index (χ4n) is 3.07. The number of H-pyrrole nitrogens is 1. The molecule has 0 saturated carbocycles. The van der Waals surface area contributed by atoms with Gasteiger partial charge in [-0.3, -0.25) is 4.79 Å². The van der Waals surface area contributed by atoms with Gasteiger partial charge in [0.05, 0.1) is 22.8 Å². The van der Waals surface area contributed by atoms with Crippen LogP contribution in [0.4, 0.5) is 0 Å². The molecule has 0 aliphatic rings. The number of nitrogens with one attached hydrogen (secondary N) is 1. The van der Waals surface area contributed by atoms with Crippen LogP contribution in [0.1, 0.15) is 11.3 Å². The van der Waals surface area contributed by atoms with E-state index < -0.39 is 0 Å². The van der Waals surface area contributed by atoms with Gasteiger partial charge in [0, 0.05) is 24.0 Å². The third-order valence-electron chi connectivity index (χ3n) is 4.55. The molecule has 0 saturated heterocycles. The highest BCUT2D eigenvalue weighted by molar-refractivity contribution is 6.30. The second-order valence-corrected chi connectivity index (χ2v) is 6.80. The Bertz CT molecular complexity index is 1200. The Morgan fingerprint density at radius 1 is 1.18 bits per heavy atom. The largest absolute Gasteiger partial charge is 0.473 e. The number of halogens is 1. The number of fused-ring (bicyclic) bond motifs is 1. The standard InChI is InChI=1S/C20H18ClN5O2/c1-26-20(28-11-12-2-5-14(21)6-3-12)17(10-23-26)13-4-7-15-16(8-13)18(9-22)24-25-19(15)27/h2-8,10H,9,11,22H2,1H3,(H,25,27). The van der Waals surface area contributed by atoms with Gasteiger partial charge in [-0.25, -0.2) is 9.78 Å². The fraction of sp³-hybridized carbons (Fsp3) is 0.150. The Hall–Kier alpha value is -3.16. The molecule has 2 aromatic heterocycles. The van der Waals surface area contributed by atoms with Gasteiger partial charge in [0.15, 0.2) is 0 Å². The molecule has 0 fully saturated rings. The van der Waals surface area contributed by atoms with E-state index in [0.29, 0.717) is 28.6 Å². The Balaban J connectivity index is 1.72. The van der Waals surface area contributed by atoms with Crippen molar-refractivity contribution in [2.75, 3.05) is 0 Å². The summed E-state index contributed by atoms with van der Waals surface area (Å²) in [6, 6.07) is 13.0. The van der Waals surface area contributed by atoms with E-state index in [1.807, 2.05) is 43.4 Å². The molecule has 28 heavy (non-hydrogen) atoms. The summed E-state index contributed by atoms with van der Waals surface area (Å²) in [5.74, 6) is 0.626. The lowest BCUT2D eigenvalue weighted by Gasteiger charge is -2.10. The van der Waals surface area contributed by atoms with Crippen molar-refractivity contribution < 1.29 is 4.74 Å². The molecule has 142 valence electrons. The molecule has 3 N–H and O–H groups in total. The Kier molecular flexibility index (Phi) is 4.85. The van der Waals surface area contributed by atoms with Crippen LogP contribution in [0.2, 0.25) is 5.02 Å². The lowest BCUT2D eigenvalue weighted by atomic mass is 10.0. The molecule has 2 aromatic carbocycles. The number of hydrogen-bond acceptors (Lipinski definition) is 5. The van der Waals surface area contributed by atoms with Gasteiger partial charge in [-0.15, -0.1) is 0 Å². The number of rotatable bonds is 5. The number of nitrogens with two attached hydrogens (primary N) is 1. The van der Waals surface area contributed by atoms with Gasteiger partial charge in [0.2, 0.25) is 5.88 Å². The van der Waals surface area contributed by atoms with E-state index in [2.05, 4.69) is 15.3 Å². The third-order valence-corrected chi connectivity index (χ3v) is 4.80. The minimum Gasteiger partial charge on any atom is -0.473 e. The third kappa shape index (κ3) is 3.37. The molecule has 2 heterocycles. The minimum absolute atomic E-state index is 0.226. The maximum Gasteiger partial charge on any atom is 0.272 e. The van der Waals surface area contributed by atoms with E-state index in [1.165, 1.54) is 0 Å². The van der Waals surface area contributed by atoms with Crippen LogP contribution < -0.4 is 16.0 Å². The van der Waals surface area contributed by atoms with E-state index in [9.17, 15) is 4.79 Å². The van der Waals surface area contributed by atoms with Crippen LogP contribution in [0.25, 0.3) is 21.9 Å². The summed E-state index contributed by atoms with van der Waals surface area (Å²) in [6.07, 6.45) is 1.74. The number of ether oxygens (including phenoxy) is 1. The highest BCUT2D eigenvalue weighted by Crippen LogP contribution is 2.32. The molecular formula is C20H18ClN5O2. The molecular weight excluding hydrogens is 378 g/mol. The van der Waals surface area contributed by atoms with Crippen molar-refractivity contribution in [1.29, 1.82) is 0 Å². The molecule has 0 atom stereocenters. The predicted octanol–water partition coefficient (Wildman–Crippen LogP) is 3.01. The first kappa shape index (κ1) is 18.2. The minimum atomic E-state index is -0.246. The van der Waals surface area contributed by atoms with Crippen LogP contribution in [0.5, 0.6) is 5.88 Å². The van der Waals surface area contributed by atoms with Crippen LogP contribution >= 0.6 is 11.6 Å². The summed E-state index contributed by atoms with van der Waals surface area (Å²) in [6.45, 7) is 0.607. The fourth-order valence-corrected chi connectivity index (χ4v) is 3.20. The van der Waals surface area contributed by atoms with E-state index in [4.69, 9.17) is 22.1 Å². The van der Waals surface area contributed by atoms with Gasteiger partial charge in [-0.2, -0.15) is 10.2 Å². The molecule has 0 bridgehead atoms. The maximum absolute atomic E-state index is 12.0. The van der Waals surface area contributed by atoms with E-state index >= 15 is 0 Å². The van der Waals surface area contributed by atoms with Gasteiger partial charge in [-0.05, 0) is 35.4 Å².